The van der Waals surface area contributed by atoms with Crippen LogP contribution in [0.15, 0.2) is 34.2 Å². The van der Waals surface area contributed by atoms with Crippen molar-refractivity contribution in [1.82, 2.24) is 4.89 Å². The van der Waals surface area contributed by atoms with Crippen molar-refractivity contribution < 1.29 is 9.42 Å². The molecule has 1 aliphatic heterocycles. The molecule has 0 aromatic heterocycles. The summed E-state index contributed by atoms with van der Waals surface area (Å²) >= 11 is 0. The number of benzene rings is 1. The summed E-state index contributed by atoms with van der Waals surface area (Å²) in [5, 5.41) is 8.88. The van der Waals surface area contributed by atoms with E-state index in [4.69, 9.17) is 5.21 Å². The molecule has 0 amide bonds. The van der Waals surface area contributed by atoms with E-state index in [1.807, 2.05) is 23.1 Å². The predicted molar refractivity (Wildman–Crippen MR) is 73.5 cm³/mol. The molecule has 0 bridgehead atoms. The summed E-state index contributed by atoms with van der Waals surface area (Å²) < 4.78 is 12.5. The van der Waals surface area contributed by atoms with E-state index in [9.17, 15) is 4.21 Å². The van der Waals surface area contributed by atoms with Crippen molar-refractivity contribution in [3.05, 3.63) is 24.3 Å². The highest BCUT2D eigenvalue weighted by atomic mass is 32.3. The van der Waals surface area contributed by atoms with E-state index < -0.39 is 21.0 Å². The molecule has 0 saturated carbocycles. The number of rotatable bonds is 3. The Kier molecular flexibility index (Phi) is 3.67. The number of para-hydroxylation sites is 1. The van der Waals surface area contributed by atoms with E-state index in [1.165, 1.54) is 4.90 Å². The van der Waals surface area contributed by atoms with Gasteiger partial charge in [0.2, 0.25) is 0 Å². The minimum Gasteiger partial charge on any atom is -0.304 e. The van der Waals surface area contributed by atoms with E-state index in [0.29, 0.717) is 4.38 Å². The molecule has 0 saturated heterocycles. The third-order valence-corrected chi connectivity index (χ3v) is 8.96. The normalized spacial score (nSPS) is 20.5. The summed E-state index contributed by atoms with van der Waals surface area (Å²) in [6, 6.07) is 7.91. The van der Waals surface area contributed by atoms with Crippen LogP contribution in [0.25, 0.3) is 0 Å². The molecule has 0 radical (unpaired) electrons. The third kappa shape index (κ3) is 1.85. The Morgan fingerprint density at radius 1 is 1.35 bits per heavy atom. The Bertz CT molecular complexity index is 484. The van der Waals surface area contributed by atoms with Gasteiger partial charge in [0.25, 0.3) is 0 Å². The molecule has 2 rings (SSSR count). The molecule has 4 nitrogen and oxygen atoms in total. The van der Waals surface area contributed by atoms with Crippen molar-refractivity contribution in [2.45, 2.75) is 18.7 Å². The highest BCUT2D eigenvalue weighted by Gasteiger charge is 2.38. The number of aliphatic imine (C=N–C) groups is 1. The van der Waals surface area contributed by atoms with Crippen LogP contribution in [0, 0.1) is 0 Å². The molecular weight excluding hydrogens is 256 g/mol. The molecule has 0 spiro atoms. The van der Waals surface area contributed by atoms with Crippen LogP contribution in [0.1, 0.15) is 13.8 Å². The average Bonchev–Trinajstić information content (AvgIpc) is 2.72. The Morgan fingerprint density at radius 3 is 2.59 bits per heavy atom. The van der Waals surface area contributed by atoms with Crippen LogP contribution in [-0.2, 0) is 11.0 Å². The first-order valence-electron chi connectivity index (χ1n) is 5.47. The molecule has 1 heterocycles. The van der Waals surface area contributed by atoms with Gasteiger partial charge in [-0.25, -0.2) is 9.20 Å². The van der Waals surface area contributed by atoms with Gasteiger partial charge in [0.05, 0.1) is 5.69 Å². The maximum Gasteiger partial charge on any atom is 0.173 e. The second-order valence-corrected chi connectivity index (χ2v) is 8.78. The number of hydrogen-bond acceptors (Lipinski definition) is 3. The zero-order valence-corrected chi connectivity index (χ0v) is 11.5. The maximum absolute atomic E-state index is 11.9. The van der Waals surface area contributed by atoms with Gasteiger partial charge in [0, 0.05) is 4.90 Å². The number of nitrogens with zero attached hydrogens (tertiary/aromatic N) is 1. The van der Waals surface area contributed by atoms with Crippen molar-refractivity contribution in [1.29, 1.82) is 0 Å². The van der Waals surface area contributed by atoms with E-state index in [-0.39, 0.29) is 0 Å². The van der Waals surface area contributed by atoms with Crippen LogP contribution in [-0.4, -0.2) is 25.3 Å². The zero-order chi connectivity index (χ0) is 12.5. The fraction of sp³-hybridized carbons (Fsp3) is 0.364. The molecule has 1 aromatic rings. The molecule has 0 aliphatic carbocycles. The van der Waals surface area contributed by atoms with Gasteiger partial charge < -0.3 is 5.21 Å². The van der Waals surface area contributed by atoms with Crippen LogP contribution < -0.4 is 4.89 Å². The van der Waals surface area contributed by atoms with Crippen LogP contribution in [0.2, 0.25) is 0 Å². The van der Waals surface area contributed by atoms with Crippen molar-refractivity contribution in [3.63, 3.8) is 0 Å². The standard InChI is InChI=1S/C11H16N2O2S2/c1-3-17(4-2)10-8-6-5-7-9(10)12-11(17)16(15)13-14/h5-8,13-14H,3-4H2,1-2H3. The number of fused-ring (bicyclic) bond motifs is 1. The van der Waals surface area contributed by atoms with E-state index in [0.717, 1.165) is 17.2 Å². The van der Waals surface area contributed by atoms with Crippen molar-refractivity contribution in [2.75, 3.05) is 11.5 Å². The smallest absolute Gasteiger partial charge is 0.173 e. The van der Waals surface area contributed by atoms with Gasteiger partial charge in [-0.3, -0.25) is 0 Å². The quantitative estimate of drug-likeness (QED) is 0.656. The third-order valence-electron chi connectivity index (χ3n) is 3.06. The predicted octanol–water partition coefficient (Wildman–Crippen LogP) is 2.53. The number of hydrogen-bond donors (Lipinski definition) is 2. The summed E-state index contributed by atoms with van der Waals surface area (Å²) in [6.45, 7) is 4.18. The van der Waals surface area contributed by atoms with Gasteiger partial charge in [0.1, 0.15) is 0 Å². The SMILES string of the molecule is CCS1(CC)C(S(=O)NO)=Nc2ccccc21. The Balaban J connectivity index is 2.60. The molecule has 1 atom stereocenters. The monoisotopic (exact) mass is 272 g/mol. The van der Waals surface area contributed by atoms with Gasteiger partial charge in [-0.05, 0) is 23.6 Å². The molecular formula is C11H16N2O2S2. The molecule has 6 heteroatoms. The molecule has 1 aliphatic rings. The van der Waals surface area contributed by atoms with Crippen LogP contribution in [0.4, 0.5) is 5.69 Å². The summed E-state index contributed by atoms with van der Waals surface area (Å²) in [4.78, 5) is 7.46. The van der Waals surface area contributed by atoms with Crippen molar-refractivity contribution >= 4 is 31.1 Å². The lowest BCUT2D eigenvalue weighted by Crippen LogP contribution is -2.26. The highest BCUT2D eigenvalue weighted by molar-refractivity contribution is 8.55. The van der Waals surface area contributed by atoms with Gasteiger partial charge in [-0.15, -0.1) is 4.89 Å². The lowest BCUT2D eigenvalue weighted by molar-refractivity contribution is 0.253. The van der Waals surface area contributed by atoms with Crippen LogP contribution in [0.3, 0.4) is 0 Å². The molecule has 0 fully saturated rings. The van der Waals surface area contributed by atoms with Crippen LogP contribution >= 0.6 is 10.0 Å². The Hall–Kier alpha value is -0.690. The zero-order valence-electron chi connectivity index (χ0n) is 9.84. The lowest BCUT2D eigenvalue weighted by Gasteiger charge is -2.34. The van der Waals surface area contributed by atoms with E-state index in [1.54, 1.807) is 0 Å². The molecule has 1 unspecified atom stereocenters. The summed E-state index contributed by atoms with van der Waals surface area (Å²) in [7, 11) is -2.93. The Morgan fingerprint density at radius 2 is 2.00 bits per heavy atom. The van der Waals surface area contributed by atoms with Gasteiger partial charge in [-0.2, -0.15) is 10.0 Å². The average molecular weight is 272 g/mol. The summed E-state index contributed by atoms with van der Waals surface area (Å²) in [5.74, 6) is 1.79. The molecule has 17 heavy (non-hydrogen) atoms. The van der Waals surface area contributed by atoms with Crippen molar-refractivity contribution in [2.24, 2.45) is 4.99 Å². The molecule has 1 aromatic carbocycles. The Labute approximate surface area is 105 Å². The second-order valence-electron chi connectivity index (χ2n) is 3.67. The highest BCUT2D eigenvalue weighted by Crippen LogP contribution is 2.64. The fourth-order valence-electron chi connectivity index (χ4n) is 2.15. The van der Waals surface area contributed by atoms with Gasteiger partial charge >= 0.3 is 0 Å². The topological polar surface area (TPSA) is 61.7 Å². The first-order valence-corrected chi connectivity index (χ1v) is 8.59. The minimum atomic E-state index is -1.61. The molecule has 2 N–H and O–H groups in total. The maximum atomic E-state index is 11.9. The fourth-order valence-corrected chi connectivity index (χ4v) is 7.49. The lowest BCUT2D eigenvalue weighted by atomic mass is 10.3. The largest absolute Gasteiger partial charge is 0.304 e. The summed E-state index contributed by atoms with van der Waals surface area (Å²) in [5.41, 5.74) is 0.893. The molecule has 94 valence electrons. The van der Waals surface area contributed by atoms with Crippen molar-refractivity contribution in [3.8, 4) is 0 Å². The van der Waals surface area contributed by atoms with Crippen LogP contribution in [0.5, 0.6) is 0 Å². The van der Waals surface area contributed by atoms with E-state index >= 15 is 0 Å². The minimum absolute atomic E-state index is 0.603. The van der Waals surface area contributed by atoms with Gasteiger partial charge in [-0.1, -0.05) is 26.0 Å². The van der Waals surface area contributed by atoms with E-state index in [2.05, 4.69) is 24.9 Å². The summed E-state index contributed by atoms with van der Waals surface area (Å²) in [6.07, 6.45) is 0. The second kappa shape index (κ2) is 4.89. The first kappa shape index (κ1) is 12.8. The first-order chi connectivity index (χ1) is 8.19. The number of nitrogens with one attached hydrogen (secondary N) is 1. The van der Waals surface area contributed by atoms with Gasteiger partial charge in [0.15, 0.2) is 15.4 Å².